The zero-order valence-corrected chi connectivity index (χ0v) is 12.2. The topological polar surface area (TPSA) is 35.2 Å². The van der Waals surface area contributed by atoms with E-state index in [-0.39, 0.29) is 6.04 Å². The van der Waals surface area contributed by atoms with Gasteiger partial charge < -0.3 is 10.5 Å². The monoisotopic (exact) mass is 325 g/mol. The molecule has 0 aromatic heterocycles. The summed E-state index contributed by atoms with van der Waals surface area (Å²) in [5.74, 6) is 1.50. The smallest absolute Gasteiger partial charge is 0.141 e. The maximum absolute atomic E-state index is 5.88. The fourth-order valence-electron chi connectivity index (χ4n) is 1.52. The van der Waals surface area contributed by atoms with Crippen LogP contribution in [0.3, 0.4) is 0 Å². The van der Waals surface area contributed by atoms with E-state index in [1.165, 1.54) is 0 Å². The second-order valence-electron chi connectivity index (χ2n) is 4.03. The quantitative estimate of drug-likeness (QED) is 0.869. The second kappa shape index (κ2) is 5.74. The van der Waals surface area contributed by atoms with E-state index < -0.39 is 0 Å². The molecule has 2 aromatic rings. The summed E-state index contributed by atoms with van der Waals surface area (Å²) >= 11 is 9.29. The van der Waals surface area contributed by atoms with Crippen LogP contribution in [0.2, 0.25) is 5.02 Å². The van der Waals surface area contributed by atoms with Crippen molar-refractivity contribution < 1.29 is 4.74 Å². The Kier molecular flexibility index (Phi) is 4.27. The minimum atomic E-state index is 0.0290. The summed E-state index contributed by atoms with van der Waals surface area (Å²) < 4.78 is 6.58. The molecule has 2 N–H and O–H groups in total. The molecule has 0 radical (unpaired) electrons. The predicted molar refractivity (Wildman–Crippen MR) is 78.3 cm³/mol. The fraction of sp³-hybridized carbons (Fsp3) is 0.143. The third-order valence-corrected chi connectivity index (χ3v) is 3.38. The van der Waals surface area contributed by atoms with E-state index in [9.17, 15) is 0 Å². The maximum Gasteiger partial charge on any atom is 0.141 e. The van der Waals surface area contributed by atoms with Crippen molar-refractivity contribution in [2.75, 3.05) is 0 Å². The highest BCUT2D eigenvalue weighted by molar-refractivity contribution is 9.10. The highest BCUT2D eigenvalue weighted by Gasteiger charge is 2.04. The van der Waals surface area contributed by atoms with E-state index in [4.69, 9.17) is 22.1 Å². The van der Waals surface area contributed by atoms with Gasteiger partial charge in [-0.05, 0) is 58.7 Å². The third kappa shape index (κ3) is 3.25. The van der Waals surface area contributed by atoms with Crippen molar-refractivity contribution in [2.24, 2.45) is 5.73 Å². The van der Waals surface area contributed by atoms with Gasteiger partial charge in [-0.15, -0.1) is 0 Å². The largest absolute Gasteiger partial charge is 0.456 e. The zero-order chi connectivity index (χ0) is 13.1. The summed E-state index contributed by atoms with van der Waals surface area (Å²) in [6.07, 6.45) is 0. The normalized spacial score (nSPS) is 12.2. The minimum Gasteiger partial charge on any atom is -0.456 e. The predicted octanol–water partition coefficient (Wildman–Crippen LogP) is 4.91. The number of rotatable bonds is 3. The molecule has 2 rings (SSSR count). The van der Waals surface area contributed by atoms with Gasteiger partial charge in [0.05, 0.1) is 4.47 Å². The molecular formula is C14H13BrClNO. The van der Waals surface area contributed by atoms with E-state index >= 15 is 0 Å². The van der Waals surface area contributed by atoms with Gasteiger partial charge in [0.2, 0.25) is 0 Å². The number of benzene rings is 2. The summed E-state index contributed by atoms with van der Waals surface area (Å²) in [6, 6.07) is 13.2. The van der Waals surface area contributed by atoms with Crippen LogP contribution in [0.5, 0.6) is 11.5 Å². The molecule has 0 saturated carbocycles. The Morgan fingerprint density at radius 1 is 1.17 bits per heavy atom. The molecular weight excluding hydrogens is 314 g/mol. The van der Waals surface area contributed by atoms with Crippen LogP contribution in [-0.2, 0) is 0 Å². The molecule has 0 aliphatic rings. The molecule has 18 heavy (non-hydrogen) atoms. The Morgan fingerprint density at radius 3 is 2.39 bits per heavy atom. The molecule has 0 fully saturated rings. The van der Waals surface area contributed by atoms with Crippen LogP contribution >= 0.6 is 27.5 Å². The molecule has 0 bridgehead atoms. The molecule has 94 valence electrons. The average Bonchev–Trinajstić information content (AvgIpc) is 2.33. The Morgan fingerprint density at radius 2 is 1.83 bits per heavy atom. The van der Waals surface area contributed by atoms with Crippen LogP contribution < -0.4 is 10.5 Å². The van der Waals surface area contributed by atoms with Crippen LogP contribution in [0.4, 0.5) is 0 Å². The fourth-order valence-corrected chi connectivity index (χ4v) is 2.29. The molecule has 4 heteroatoms. The van der Waals surface area contributed by atoms with Gasteiger partial charge in [-0.3, -0.25) is 0 Å². The lowest BCUT2D eigenvalue weighted by Gasteiger charge is -2.10. The van der Waals surface area contributed by atoms with Crippen LogP contribution in [-0.4, -0.2) is 0 Å². The lowest BCUT2D eigenvalue weighted by molar-refractivity contribution is 0.479. The molecule has 1 atom stereocenters. The van der Waals surface area contributed by atoms with Crippen LogP contribution in [0, 0.1) is 0 Å². The van der Waals surface area contributed by atoms with Crippen LogP contribution in [0.25, 0.3) is 0 Å². The lowest BCUT2D eigenvalue weighted by Crippen LogP contribution is -2.04. The van der Waals surface area contributed by atoms with Gasteiger partial charge in [-0.25, -0.2) is 0 Å². The average molecular weight is 327 g/mol. The van der Waals surface area contributed by atoms with Crippen molar-refractivity contribution in [3.8, 4) is 11.5 Å². The van der Waals surface area contributed by atoms with Gasteiger partial charge >= 0.3 is 0 Å². The molecule has 0 aliphatic heterocycles. The van der Waals surface area contributed by atoms with Crippen molar-refractivity contribution in [3.63, 3.8) is 0 Å². The summed E-state index contributed by atoms with van der Waals surface area (Å²) in [6.45, 7) is 1.95. The van der Waals surface area contributed by atoms with E-state index in [0.717, 1.165) is 21.5 Å². The first-order valence-corrected chi connectivity index (χ1v) is 6.72. The third-order valence-electron chi connectivity index (χ3n) is 2.53. The SMILES string of the molecule is C[C@H](N)c1ccc(Oc2ccc(Cl)cc2Br)cc1. The van der Waals surface area contributed by atoms with Gasteiger partial charge in [-0.2, -0.15) is 0 Å². The zero-order valence-electron chi connectivity index (χ0n) is 9.86. The van der Waals surface area contributed by atoms with Crippen molar-refractivity contribution in [1.82, 2.24) is 0 Å². The molecule has 0 aliphatic carbocycles. The molecule has 0 amide bonds. The lowest BCUT2D eigenvalue weighted by atomic mass is 10.1. The number of halogens is 2. The number of hydrogen-bond donors (Lipinski definition) is 1. The molecule has 0 heterocycles. The molecule has 0 spiro atoms. The van der Waals surface area contributed by atoms with Crippen molar-refractivity contribution >= 4 is 27.5 Å². The molecule has 2 aromatic carbocycles. The standard InChI is InChI=1S/C14H13BrClNO/c1-9(17)10-2-5-12(6-3-10)18-14-7-4-11(16)8-13(14)15/h2-9H,17H2,1H3/t9-/m0/s1. The van der Waals surface area contributed by atoms with Gasteiger partial charge in [-0.1, -0.05) is 23.7 Å². The summed E-state index contributed by atoms with van der Waals surface area (Å²) in [5, 5.41) is 0.668. The van der Waals surface area contributed by atoms with Gasteiger partial charge in [0.25, 0.3) is 0 Å². The minimum absolute atomic E-state index is 0.0290. The molecule has 0 saturated heterocycles. The highest BCUT2D eigenvalue weighted by Crippen LogP contribution is 2.32. The summed E-state index contributed by atoms with van der Waals surface area (Å²) in [5.41, 5.74) is 6.88. The van der Waals surface area contributed by atoms with E-state index in [1.807, 2.05) is 37.3 Å². The number of ether oxygens (including phenoxy) is 1. The maximum atomic E-state index is 5.88. The first-order chi connectivity index (χ1) is 8.56. The first-order valence-electron chi connectivity index (χ1n) is 5.54. The Balaban J connectivity index is 2.18. The summed E-state index contributed by atoms with van der Waals surface area (Å²) in [7, 11) is 0. The summed E-state index contributed by atoms with van der Waals surface area (Å²) in [4.78, 5) is 0. The highest BCUT2D eigenvalue weighted by atomic mass is 79.9. The van der Waals surface area contributed by atoms with E-state index in [1.54, 1.807) is 12.1 Å². The van der Waals surface area contributed by atoms with Crippen LogP contribution in [0.1, 0.15) is 18.5 Å². The Hall–Kier alpha value is -1.03. The van der Waals surface area contributed by atoms with Gasteiger partial charge in [0.15, 0.2) is 0 Å². The van der Waals surface area contributed by atoms with Gasteiger partial charge in [0.1, 0.15) is 11.5 Å². The number of hydrogen-bond acceptors (Lipinski definition) is 2. The van der Waals surface area contributed by atoms with Crippen LogP contribution in [0.15, 0.2) is 46.9 Å². The van der Waals surface area contributed by atoms with Crippen molar-refractivity contribution in [2.45, 2.75) is 13.0 Å². The second-order valence-corrected chi connectivity index (χ2v) is 5.33. The first kappa shape index (κ1) is 13.4. The molecule has 2 nitrogen and oxygen atoms in total. The van der Waals surface area contributed by atoms with E-state index in [2.05, 4.69) is 15.9 Å². The van der Waals surface area contributed by atoms with Gasteiger partial charge in [0, 0.05) is 11.1 Å². The Bertz CT molecular complexity index is 540. The Labute approximate surface area is 120 Å². The van der Waals surface area contributed by atoms with Crippen molar-refractivity contribution in [3.05, 3.63) is 57.5 Å². The van der Waals surface area contributed by atoms with E-state index in [0.29, 0.717) is 5.02 Å². The molecule has 0 unspecified atom stereocenters. The van der Waals surface area contributed by atoms with Crippen molar-refractivity contribution in [1.29, 1.82) is 0 Å². The number of nitrogens with two attached hydrogens (primary N) is 1.